The molecule has 0 saturated heterocycles. The predicted octanol–water partition coefficient (Wildman–Crippen LogP) is 3.51. The first-order valence-corrected chi connectivity index (χ1v) is 6.96. The van der Waals surface area contributed by atoms with E-state index in [0.717, 1.165) is 46.1 Å². The second kappa shape index (κ2) is 4.07. The Kier molecular flexibility index (Phi) is 2.34. The molecule has 1 aliphatic rings. The van der Waals surface area contributed by atoms with E-state index < -0.39 is 0 Å². The standard InChI is InChI=1S/C18H15NO/c1-19-15-9-5-4-8-14(15)17-16(19)11-10-12-6-2-3-7-13(12)18(17)20/h2-9H,10-11H2,1H3. The third-order valence-corrected chi connectivity index (χ3v) is 4.35. The van der Waals surface area contributed by atoms with Crippen LogP contribution in [0.3, 0.4) is 0 Å². The van der Waals surface area contributed by atoms with Crippen LogP contribution >= 0.6 is 0 Å². The highest BCUT2D eigenvalue weighted by molar-refractivity contribution is 6.18. The molecule has 0 atom stereocenters. The quantitative estimate of drug-likeness (QED) is 0.607. The molecule has 0 fully saturated rings. The highest BCUT2D eigenvalue weighted by Crippen LogP contribution is 2.32. The lowest BCUT2D eigenvalue weighted by atomic mass is 9.99. The number of hydrogen-bond acceptors (Lipinski definition) is 1. The number of benzene rings is 2. The SMILES string of the molecule is Cn1c2c(c3ccccc31)C(=O)c1ccccc1CC2. The van der Waals surface area contributed by atoms with E-state index in [0.29, 0.717) is 0 Å². The van der Waals surface area contributed by atoms with E-state index in [4.69, 9.17) is 0 Å². The number of aryl methyl sites for hydroxylation is 2. The zero-order valence-electron chi connectivity index (χ0n) is 11.4. The first-order valence-electron chi connectivity index (χ1n) is 6.96. The Bertz CT molecular complexity index is 842. The van der Waals surface area contributed by atoms with Gasteiger partial charge in [0.1, 0.15) is 0 Å². The van der Waals surface area contributed by atoms with E-state index >= 15 is 0 Å². The van der Waals surface area contributed by atoms with Crippen LogP contribution in [0.5, 0.6) is 0 Å². The minimum atomic E-state index is 0.171. The smallest absolute Gasteiger partial charge is 0.195 e. The number of hydrogen-bond donors (Lipinski definition) is 0. The summed E-state index contributed by atoms with van der Waals surface area (Å²) in [5, 5.41) is 1.08. The van der Waals surface area contributed by atoms with Crippen LogP contribution in [-0.4, -0.2) is 10.4 Å². The van der Waals surface area contributed by atoms with E-state index in [1.165, 1.54) is 0 Å². The zero-order chi connectivity index (χ0) is 13.7. The summed E-state index contributed by atoms with van der Waals surface area (Å²) in [6, 6.07) is 16.2. The third-order valence-electron chi connectivity index (χ3n) is 4.35. The Labute approximate surface area is 117 Å². The van der Waals surface area contributed by atoms with Crippen LogP contribution in [-0.2, 0) is 19.9 Å². The molecule has 2 heteroatoms. The molecular formula is C18H15NO. The number of para-hydroxylation sites is 1. The Morgan fingerprint density at radius 3 is 2.60 bits per heavy atom. The average Bonchev–Trinajstić information content (AvgIpc) is 2.68. The molecule has 0 bridgehead atoms. The fraction of sp³-hybridized carbons (Fsp3) is 0.167. The van der Waals surface area contributed by atoms with Crippen LogP contribution in [0.2, 0.25) is 0 Å². The van der Waals surface area contributed by atoms with Gasteiger partial charge in [-0.2, -0.15) is 0 Å². The fourth-order valence-electron chi connectivity index (χ4n) is 3.34. The Balaban J connectivity index is 2.08. The lowest BCUT2D eigenvalue weighted by molar-refractivity contribution is 0.103. The van der Waals surface area contributed by atoms with Crippen molar-refractivity contribution in [3.8, 4) is 0 Å². The van der Waals surface area contributed by atoms with Crippen molar-refractivity contribution in [3.63, 3.8) is 0 Å². The number of aromatic nitrogens is 1. The van der Waals surface area contributed by atoms with Crippen LogP contribution < -0.4 is 0 Å². The van der Waals surface area contributed by atoms with Gasteiger partial charge in [0.2, 0.25) is 0 Å². The van der Waals surface area contributed by atoms with Crippen molar-refractivity contribution in [2.75, 3.05) is 0 Å². The van der Waals surface area contributed by atoms with E-state index in [2.05, 4.69) is 29.8 Å². The van der Waals surface area contributed by atoms with E-state index in [1.54, 1.807) is 0 Å². The summed E-state index contributed by atoms with van der Waals surface area (Å²) in [6.07, 6.45) is 1.85. The van der Waals surface area contributed by atoms with Gasteiger partial charge in [0.25, 0.3) is 0 Å². The maximum Gasteiger partial charge on any atom is 0.195 e. The fourth-order valence-corrected chi connectivity index (χ4v) is 3.34. The van der Waals surface area contributed by atoms with Crippen molar-refractivity contribution >= 4 is 16.7 Å². The summed E-state index contributed by atoms with van der Waals surface area (Å²) in [7, 11) is 2.06. The molecule has 1 heterocycles. The summed E-state index contributed by atoms with van der Waals surface area (Å²) in [5.74, 6) is 0.171. The van der Waals surface area contributed by atoms with Gasteiger partial charge in [-0.15, -0.1) is 0 Å². The van der Waals surface area contributed by atoms with Crippen LogP contribution in [0.25, 0.3) is 10.9 Å². The number of fused-ring (bicyclic) bond motifs is 4. The largest absolute Gasteiger partial charge is 0.347 e. The molecule has 0 N–H and O–H groups in total. The lowest BCUT2D eigenvalue weighted by Gasteiger charge is -2.04. The molecule has 20 heavy (non-hydrogen) atoms. The minimum Gasteiger partial charge on any atom is -0.347 e. The molecule has 1 aromatic heterocycles. The van der Waals surface area contributed by atoms with E-state index in [1.807, 2.05) is 30.3 Å². The monoisotopic (exact) mass is 261 g/mol. The summed E-state index contributed by atoms with van der Waals surface area (Å²) in [5.41, 5.74) is 5.23. The molecular weight excluding hydrogens is 246 g/mol. The maximum atomic E-state index is 12.9. The predicted molar refractivity (Wildman–Crippen MR) is 80.2 cm³/mol. The molecule has 0 saturated carbocycles. The molecule has 0 spiro atoms. The van der Waals surface area contributed by atoms with Gasteiger partial charge in [0, 0.05) is 29.2 Å². The molecule has 2 nitrogen and oxygen atoms in total. The summed E-state index contributed by atoms with van der Waals surface area (Å²) in [6.45, 7) is 0. The van der Waals surface area contributed by atoms with Crippen molar-refractivity contribution in [1.29, 1.82) is 0 Å². The Hall–Kier alpha value is -2.35. The third kappa shape index (κ3) is 1.42. The van der Waals surface area contributed by atoms with Crippen LogP contribution in [0.1, 0.15) is 27.2 Å². The van der Waals surface area contributed by atoms with Crippen molar-refractivity contribution in [2.45, 2.75) is 12.8 Å². The number of carbonyl (C=O) groups is 1. The summed E-state index contributed by atoms with van der Waals surface area (Å²) >= 11 is 0. The Morgan fingerprint density at radius 1 is 0.950 bits per heavy atom. The van der Waals surface area contributed by atoms with Gasteiger partial charge in [0.15, 0.2) is 5.78 Å². The van der Waals surface area contributed by atoms with Gasteiger partial charge in [-0.3, -0.25) is 4.79 Å². The van der Waals surface area contributed by atoms with Gasteiger partial charge in [0.05, 0.1) is 5.56 Å². The second-order valence-electron chi connectivity index (χ2n) is 5.38. The minimum absolute atomic E-state index is 0.171. The van der Waals surface area contributed by atoms with E-state index in [9.17, 15) is 4.79 Å². The highest BCUT2D eigenvalue weighted by Gasteiger charge is 2.26. The number of nitrogens with zero attached hydrogens (tertiary/aromatic N) is 1. The van der Waals surface area contributed by atoms with Gasteiger partial charge in [-0.05, 0) is 24.5 Å². The first-order chi connectivity index (χ1) is 9.77. The van der Waals surface area contributed by atoms with Crippen molar-refractivity contribution < 1.29 is 4.79 Å². The molecule has 98 valence electrons. The molecule has 0 amide bonds. The van der Waals surface area contributed by atoms with Crippen molar-refractivity contribution in [3.05, 3.63) is 70.9 Å². The topological polar surface area (TPSA) is 22.0 Å². The molecule has 3 aromatic rings. The van der Waals surface area contributed by atoms with Crippen LogP contribution in [0, 0.1) is 0 Å². The van der Waals surface area contributed by atoms with Crippen LogP contribution in [0.4, 0.5) is 0 Å². The first kappa shape index (κ1) is 11.5. The maximum absolute atomic E-state index is 12.9. The van der Waals surface area contributed by atoms with Crippen molar-refractivity contribution in [2.24, 2.45) is 7.05 Å². The number of carbonyl (C=O) groups excluding carboxylic acids is 1. The second-order valence-corrected chi connectivity index (χ2v) is 5.38. The van der Waals surface area contributed by atoms with Gasteiger partial charge in [-0.25, -0.2) is 0 Å². The van der Waals surface area contributed by atoms with Crippen molar-refractivity contribution in [1.82, 2.24) is 4.57 Å². The van der Waals surface area contributed by atoms with Gasteiger partial charge >= 0.3 is 0 Å². The van der Waals surface area contributed by atoms with Gasteiger partial charge in [-0.1, -0.05) is 42.5 Å². The lowest BCUT2D eigenvalue weighted by Crippen LogP contribution is -2.03. The summed E-state index contributed by atoms with van der Waals surface area (Å²) in [4.78, 5) is 12.9. The zero-order valence-corrected chi connectivity index (χ0v) is 11.4. The molecule has 0 aliphatic heterocycles. The Morgan fingerprint density at radius 2 is 1.70 bits per heavy atom. The van der Waals surface area contributed by atoms with Gasteiger partial charge < -0.3 is 4.57 Å². The van der Waals surface area contributed by atoms with Crippen LogP contribution in [0.15, 0.2) is 48.5 Å². The summed E-state index contributed by atoms with van der Waals surface area (Å²) < 4.78 is 2.18. The number of rotatable bonds is 0. The van der Waals surface area contributed by atoms with E-state index in [-0.39, 0.29) is 5.78 Å². The molecule has 0 unspecified atom stereocenters. The molecule has 0 radical (unpaired) electrons. The average molecular weight is 261 g/mol. The molecule has 2 aromatic carbocycles. The highest BCUT2D eigenvalue weighted by atomic mass is 16.1. The molecule has 4 rings (SSSR count). The molecule has 1 aliphatic carbocycles. The normalized spacial score (nSPS) is 13.9. The number of ketones is 1.